The van der Waals surface area contributed by atoms with E-state index in [1.165, 1.54) is 0 Å². The Morgan fingerprint density at radius 3 is 2.72 bits per heavy atom. The lowest BCUT2D eigenvalue weighted by Crippen LogP contribution is -2.31. The molecule has 6 heteroatoms. The number of ether oxygens (including phenoxy) is 2. The van der Waals surface area contributed by atoms with E-state index in [-0.39, 0.29) is 6.04 Å². The van der Waals surface area contributed by atoms with Crippen molar-refractivity contribution >= 4 is 11.6 Å². The number of anilines is 2. The zero-order chi connectivity index (χ0) is 17.5. The highest BCUT2D eigenvalue weighted by molar-refractivity contribution is 5.57. The van der Waals surface area contributed by atoms with E-state index < -0.39 is 0 Å². The average Bonchev–Trinajstić information content (AvgIpc) is 2.65. The molecule has 3 rings (SSSR count). The third-order valence-electron chi connectivity index (χ3n) is 4.95. The molecule has 2 heterocycles. The molecular weight excluding hydrogens is 316 g/mol. The summed E-state index contributed by atoms with van der Waals surface area (Å²) in [6.45, 7) is 4.34. The van der Waals surface area contributed by atoms with Gasteiger partial charge >= 0.3 is 0 Å². The summed E-state index contributed by atoms with van der Waals surface area (Å²) >= 11 is 0. The molecule has 136 valence electrons. The highest BCUT2D eigenvalue weighted by Gasteiger charge is 2.22. The van der Waals surface area contributed by atoms with Gasteiger partial charge in [0, 0.05) is 19.3 Å². The van der Waals surface area contributed by atoms with E-state index in [1.807, 2.05) is 12.1 Å². The van der Waals surface area contributed by atoms with E-state index in [0.717, 1.165) is 57.6 Å². The van der Waals surface area contributed by atoms with Gasteiger partial charge < -0.3 is 20.1 Å². The van der Waals surface area contributed by atoms with Crippen molar-refractivity contribution in [1.82, 2.24) is 4.98 Å². The number of nitrogens with one attached hydrogen (secondary N) is 2. The van der Waals surface area contributed by atoms with Crippen molar-refractivity contribution in [2.75, 3.05) is 30.5 Å². The number of nitriles is 1. The van der Waals surface area contributed by atoms with Crippen molar-refractivity contribution in [2.45, 2.75) is 63.6 Å². The Balaban J connectivity index is 1.60. The van der Waals surface area contributed by atoms with Crippen LogP contribution in [0.15, 0.2) is 12.1 Å². The summed E-state index contributed by atoms with van der Waals surface area (Å²) in [7, 11) is 0. The van der Waals surface area contributed by atoms with Crippen molar-refractivity contribution in [3.8, 4) is 6.07 Å². The van der Waals surface area contributed by atoms with Gasteiger partial charge in [0.25, 0.3) is 0 Å². The van der Waals surface area contributed by atoms with Crippen molar-refractivity contribution in [2.24, 2.45) is 0 Å². The standard InChI is InChI=1S/C19H28N4O2/c1-2-25-17-8-6-15(7-9-17)21-18-10-5-14(12-20)19(23-18)22-16-4-3-11-24-13-16/h5,10,15-17H,2-4,6-9,11,13H2,1H3,(H2,21,22,23)/t15-,16-,17-/m0/s1. The predicted molar refractivity (Wildman–Crippen MR) is 97.7 cm³/mol. The highest BCUT2D eigenvalue weighted by atomic mass is 16.5. The topological polar surface area (TPSA) is 79.2 Å². The summed E-state index contributed by atoms with van der Waals surface area (Å²) in [5.74, 6) is 1.49. The molecule has 2 fully saturated rings. The van der Waals surface area contributed by atoms with Gasteiger partial charge in [-0.15, -0.1) is 0 Å². The van der Waals surface area contributed by atoms with Crippen LogP contribution in [0.5, 0.6) is 0 Å². The Labute approximate surface area is 149 Å². The molecule has 1 saturated carbocycles. The normalized spacial score (nSPS) is 26.6. The molecule has 1 aliphatic carbocycles. The van der Waals surface area contributed by atoms with Gasteiger partial charge in [-0.3, -0.25) is 0 Å². The molecule has 25 heavy (non-hydrogen) atoms. The third-order valence-corrected chi connectivity index (χ3v) is 4.95. The van der Waals surface area contributed by atoms with Crippen LogP contribution in [0.2, 0.25) is 0 Å². The zero-order valence-corrected chi connectivity index (χ0v) is 15.0. The molecule has 0 bridgehead atoms. The number of nitrogens with zero attached hydrogens (tertiary/aromatic N) is 2. The SMILES string of the molecule is CCO[C@H]1CC[C@H](Nc2ccc(C#N)c(N[C@H]3CCCOC3)n2)CC1. The maximum atomic E-state index is 9.34. The Hall–Kier alpha value is -1.84. The summed E-state index contributed by atoms with van der Waals surface area (Å²) in [5.41, 5.74) is 0.580. The van der Waals surface area contributed by atoms with Crippen LogP contribution in [-0.2, 0) is 9.47 Å². The average molecular weight is 344 g/mol. The summed E-state index contributed by atoms with van der Waals surface area (Å²) in [6.07, 6.45) is 6.85. The Kier molecular flexibility index (Phi) is 6.48. The van der Waals surface area contributed by atoms with E-state index in [2.05, 4.69) is 28.6 Å². The van der Waals surface area contributed by atoms with Crippen molar-refractivity contribution < 1.29 is 9.47 Å². The van der Waals surface area contributed by atoms with E-state index in [9.17, 15) is 5.26 Å². The smallest absolute Gasteiger partial charge is 0.146 e. The minimum atomic E-state index is 0.227. The lowest BCUT2D eigenvalue weighted by molar-refractivity contribution is 0.0346. The van der Waals surface area contributed by atoms with Crippen LogP contribution < -0.4 is 10.6 Å². The molecule has 0 unspecified atom stereocenters. The monoisotopic (exact) mass is 344 g/mol. The molecule has 1 saturated heterocycles. The third kappa shape index (κ3) is 5.07. The van der Waals surface area contributed by atoms with Crippen LogP contribution in [0.25, 0.3) is 0 Å². The van der Waals surface area contributed by atoms with E-state index in [4.69, 9.17) is 9.47 Å². The predicted octanol–water partition coefficient (Wildman–Crippen LogP) is 3.30. The van der Waals surface area contributed by atoms with Crippen LogP contribution in [0.4, 0.5) is 11.6 Å². The molecule has 0 radical (unpaired) electrons. The zero-order valence-electron chi connectivity index (χ0n) is 15.0. The van der Waals surface area contributed by atoms with Crippen molar-refractivity contribution in [3.63, 3.8) is 0 Å². The molecule has 0 aromatic carbocycles. The van der Waals surface area contributed by atoms with Gasteiger partial charge in [0.1, 0.15) is 17.7 Å². The molecule has 1 aliphatic heterocycles. The number of pyridine rings is 1. The van der Waals surface area contributed by atoms with Gasteiger partial charge in [0.2, 0.25) is 0 Å². The van der Waals surface area contributed by atoms with Crippen molar-refractivity contribution in [3.05, 3.63) is 17.7 Å². The molecule has 1 aromatic heterocycles. The molecule has 1 atom stereocenters. The molecule has 2 N–H and O–H groups in total. The van der Waals surface area contributed by atoms with E-state index in [1.54, 1.807) is 0 Å². The minimum absolute atomic E-state index is 0.227. The maximum absolute atomic E-state index is 9.34. The fourth-order valence-corrected chi connectivity index (χ4v) is 3.61. The van der Waals surface area contributed by atoms with E-state index >= 15 is 0 Å². The summed E-state index contributed by atoms with van der Waals surface area (Å²) in [4.78, 5) is 4.66. The van der Waals surface area contributed by atoms with Crippen LogP contribution in [-0.4, -0.2) is 43.0 Å². The van der Waals surface area contributed by atoms with Crippen LogP contribution in [0, 0.1) is 11.3 Å². The lowest BCUT2D eigenvalue weighted by Gasteiger charge is -2.29. The number of rotatable bonds is 6. The maximum Gasteiger partial charge on any atom is 0.146 e. The molecule has 2 aliphatic rings. The second kappa shape index (κ2) is 9.02. The Bertz CT molecular complexity index is 588. The molecule has 0 amide bonds. The van der Waals surface area contributed by atoms with Crippen LogP contribution in [0.1, 0.15) is 51.0 Å². The minimum Gasteiger partial charge on any atom is -0.379 e. The van der Waals surface area contributed by atoms with E-state index in [0.29, 0.717) is 30.1 Å². The number of hydrogen-bond acceptors (Lipinski definition) is 6. The summed E-state index contributed by atoms with van der Waals surface area (Å²) in [5, 5.41) is 16.3. The summed E-state index contributed by atoms with van der Waals surface area (Å²) in [6, 6.07) is 6.61. The second-order valence-electron chi connectivity index (χ2n) is 6.84. The first kappa shape index (κ1) is 18.0. The summed E-state index contributed by atoms with van der Waals surface area (Å²) < 4.78 is 11.2. The lowest BCUT2D eigenvalue weighted by atomic mass is 9.93. The fraction of sp³-hybridized carbons (Fsp3) is 0.684. The quantitative estimate of drug-likeness (QED) is 0.824. The fourth-order valence-electron chi connectivity index (χ4n) is 3.61. The first-order chi connectivity index (χ1) is 12.3. The Morgan fingerprint density at radius 2 is 2.04 bits per heavy atom. The number of hydrogen-bond donors (Lipinski definition) is 2. The van der Waals surface area contributed by atoms with Gasteiger partial charge in [-0.1, -0.05) is 0 Å². The van der Waals surface area contributed by atoms with Crippen LogP contribution in [0.3, 0.4) is 0 Å². The number of aromatic nitrogens is 1. The Morgan fingerprint density at radius 1 is 1.20 bits per heavy atom. The first-order valence-electron chi connectivity index (χ1n) is 9.42. The van der Waals surface area contributed by atoms with Crippen molar-refractivity contribution in [1.29, 1.82) is 5.26 Å². The highest BCUT2D eigenvalue weighted by Crippen LogP contribution is 2.25. The molecular formula is C19H28N4O2. The largest absolute Gasteiger partial charge is 0.379 e. The second-order valence-corrected chi connectivity index (χ2v) is 6.84. The first-order valence-corrected chi connectivity index (χ1v) is 9.42. The van der Waals surface area contributed by atoms with Gasteiger partial charge in [-0.05, 0) is 57.6 Å². The molecule has 6 nitrogen and oxygen atoms in total. The molecule has 1 aromatic rings. The van der Waals surface area contributed by atoms with Gasteiger partial charge in [-0.25, -0.2) is 4.98 Å². The van der Waals surface area contributed by atoms with Crippen LogP contribution >= 0.6 is 0 Å². The van der Waals surface area contributed by atoms with Gasteiger partial charge in [-0.2, -0.15) is 5.26 Å². The van der Waals surface area contributed by atoms with Gasteiger partial charge in [0.05, 0.1) is 24.3 Å². The van der Waals surface area contributed by atoms with Gasteiger partial charge in [0.15, 0.2) is 0 Å². The molecule has 0 spiro atoms.